The van der Waals surface area contributed by atoms with Crippen LogP contribution in [0.2, 0.25) is 0 Å². The summed E-state index contributed by atoms with van der Waals surface area (Å²) in [7, 11) is 0. The molecule has 8 heteroatoms. The third-order valence-corrected chi connectivity index (χ3v) is 3.56. The molecule has 26 heavy (non-hydrogen) atoms. The number of hydrazone groups is 1. The minimum Gasteiger partial charge on any atom is -0.482 e. The van der Waals surface area contributed by atoms with Gasteiger partial charge in [0.1, 0.15) is 11.6 Å². The molecule has 0 aliphatic carbocycles. The third kappa shape index (κ3) is 6.48. The maximum atomic E-state index is 12.8. The molecule has 0 unspecified atom stereocenters. The fraction of sp³-hybridized carbons (Fsp3) is 0.167. The molecule has 0 radical (unpaired) electrons. The van der Waals surface area contributed by atoms with Crippen molar-refractivity contribution in [2.45, 2.75) is 13.5 Å². The first-order chi connectivity index (χ1) is 12.4. The first-order valence-corrected chi connectivity index (χ1v) is 8.12. The van der Waals surface area contributed by atoms with Gasteiger partial charge in [0, 0.05) is 6.54 Å². The number of benzene rings is 2. The predicted molar refractivity (Wildman–Crippen MR) is 101 cm³/mol. The van der Waals surface area contributed by atoms with Crippen LogP contribution in [0.3, 0.4) is 0 Å². The van der Waals surface area contributed by atoms with Crippen LogP contribution in [0.5, 0.6) is 5.75 Å². The Kier molecular flexibility index (Phi) is 7.04. The summed E-state index contributed by atoms with van der Waals surface area (Å²) in [6, 6.07) is 13.0. The van der Waals surface area contributed by atoms with Gasteiger partial charge in [0.05, 0.1) is 5.71 Å². The maximum Gasteiger partial charge on any atom is 0.341 e. The minimum absolute atomic E-state index is 0.283. The lowest BCUT2D eigenvalue weighted by molar-refractivity contribution is -0.139. The van der Waals surface area contributed by atoms with Crippen molar-refractivity contribution in [1.82, 2.24) is 10.7 Å². The number of rotatable bonds is 7. The lowest BCUT2D eigenvalue weighted by Gasteiger charge is -2.09. The average molecular weight is 375 g/mol. The van der Waals surface area contributed by atoms with Crippen molar-refractivity contribution in [2.24, 2.45) is 5.10 Å². The van der Waals surface area contributed by atoms with Crippen LogP contribution in [0, 0.1) is 5.82 Å². The standard InChI is InChI=1S/C18H18FN3O3S/c1-12(14-4-8-16(9-5-14)25-11-17(23)24)21-22-18(26)20-10-13-2-6-15(19)7-3-13/h2-9H,10-11H2,1H3,(H,23,24)(H2,20,22,26)/b21-12-. The quantitative estimate of drug-likeness (QED) is 0.392. The van der Waals surface area contributed by atoms with E-state index in [0.717, 1.165) is 11.1 Å². The van der Waals surface area contributed by atoms with Gasteiger partial charge in [-0.05, 0) is 66.7 Å². The summed E-state index contributed by atoms with van der Waals surface area (Å²) in [5.41, 5.74) is 5.17. The van der Waals surface area contributed by atoms with Crippen molar-refractivity contribution in [3.63, 3.8) is 0 Å². The number of carbonyl (C=O) groups is 1. The summed E-state index contributed by atoms with van der Waals surface area (Å²) >= 11 is 5.15. The van der Waals surface area contributed by atoms with Crippen molar-refractivity contribution < 1.29 is 19.0 Å². The topological polar surface area (TPSA) is 83.0 Å². The fourth-order valence-corrected chi connectivity index (χ4v) is 2.08. The Morgan fingerprint density at radius 2 is 1.85 bits per heavy atom. The third-order valence-electron chi connectivity index (χ3n) is 3.33. The van der Waals surface area contributed by atoms with Crippen molar-refractivity contribution in [1.29, 1.82) is 0 Å². The normalized spacial score (nSPS) is 10.9. The molecule has 2 aromatic carbocycles. The zero-order valence-electron chi connectivity index (χ0n) is 14.0. The largest absolute Gasteiger partial charge is 0.482 e. The number of nitrogens with one attached hydrogen (secondary N) is 2. The highest BCUT2D eigenvalue weighted by Crippen LogP contribution is 2.12. The number of hydrogen-bond donors (Lipinski definition) is 3. The predicted octanol–water partition coefficient (Wildman–Crippen LogP) is 2.68. The van der Waals surface area contributed by atoms with E-state index in [2.05, 4.69) is 15.8 Å². The van der Waals surface area contributed by atoms with Gasteiger partial charge >= 0.3 is 5.97 Å². The lowest BCUT2D eigenvalue weighted by atomic mass is 10.1. The van der Waals surface area contributed by atoms with Crippen LogP contribution in [-0.4, -0.2) is 28.5 Å². The Balaban J connectivity index is 1.83. The molecule has 0 aliphatic heterocycles. The number of thiocarbonyl (C=S) groups is 1. The highest BCUT2D eigenvalue weighted by atomic mass is 32.1. The number of nitrogens with zero attached hydrogens (tertiary/aromatic N) is 1. The summed E-state index contributed by atoms with van der Waals surface area (Å²) in [6.45, 7) is 1.88. The highest BCUT2D eigenvalue weighted by Gasteiger charge is 2.02. The molecule has 0 bridgehead atoms. The first kappa shape index (κ1) is 19.3. The number of aliphatic carboxylic acids is 1. The monoisotopic (exact) mass is 375 g/mol. The molecule has 0 heterocycles. The van der Waals surface area contributed by atoms with Crippen LogP contribution in [0.1, 0.15) is 18.1 Å². The zero-order valence-corrected chi connectivity index (χ0v) is 14.8. The Bertz CT molecular complexity index is 792. The van der Waals surface area contributed by atoms with Gasteiger partial charge in [-0.15, -0.1) is 0 Å². The van der Waals surface area contributed by atoms with E-state index < -0.39 is 5.97 Å². The lowest BCUT2D eigenvalue weighted by Crippen LogP contribution is -2.32. The number of hydrogen-bond acceptors (Lipinski definition) is 4. The molecule has 2 rings (SSSR count). The van der Waals surface area contributed by atoms with Crippen molar-refractivity contribution in [3.05, 3.63) is 65.5 Å². The van der Waals surface area contributed by atoms with Crippen molar-refractivity contribution >= 4 is 29.0 Å². The molecule has 0 aliphatic rings. The maximum absolute atomic E-state index is 12.8. The van der Waals surface area contributed by atoms with Crippen LogP contribution >= 0.6 is 12.2 Å². The molecule has 0 saturated heterocycles. The molecule has 0 amide bonds. The Labute approximate surface area is 155 Å². The van der Waals surface area contributed by atoms with Crippen LogP contribution in [0.15, 0.2) is 53.6 Å². The number of ether oxygens (including phenoxy) is 1. The Morgan fingerprint density at radius 1 is 1.19 bits per heavy atom. The highest BCUT2D eigenvalue weighted by molar-refractivity contribution is 7.80. The first-order valence-electron chi connectivity index (χ1n) is 7.71. The number of carboxylic acid groups (broad SMARTS) is 1. The summed E-state index contributed by atoms with van der Waals surface area (Å²) in [5.74, 6) is -0.847. The van der Waals surface area contributed by atoms with E-state index in [9.17, 15) is 9.18 Å². The molecular weight excluding hydrogens is 357 g/mol. The van der Waals surface area contributed by atoms with Gasteiger partial charge in [0.15, 0.2) is 11.7 Å². The molecule has 0 atom stereocenters. The summed E-state index contributed by atoms with van der Waals surface area (Å²) in [5, 5.41) is 16.1. The van der Waals surface area contributed by atoms with E-state index >= 15 is 0 Å². The molecule has 2 aromatic rings. The molecule has 0 saturated carbocycles. The minimum atomic E-state index is -1.03. The van der Waals surface area contributed by atoms with E-state index in [1.165, 1.54) is 12.1 Å². The van der Waals surface area contributed by atoms with Gasteiger partial charge in [-0.3, -0.25) is 5.43 Å². The molecule has 0 aromatic heterocycles. The summed E-state index contributed by atoms with van der Waals surface area (Å²) in [6.07, 6.45) is 0. The fourth-order valence-electron chi connectivity index (χ4n) is 1.96. The van der Waals surface area contributed by atoms with E-state index in [4.69, 9.17) is 22.1 Å². The van der Waals surface area contributed by atoms with E-state index in [0.29, 0.717) is 23.1 Å². The second-order valence-electron chi connectivity index (χ2n) is 5.32. The van der Waals surface area contributed by atoms with Gasteiger partial charge < -0.3 is 15.2 Å². The molecule has 0 fully saturated rings. The van der Waals surface area contributed by atoms with Crippen molar-refractivity contribution in [3.8, 4) is 5.75 Å². The second kappa shape index (κ2) is 9.47. The summed E-state index contributed by atoms with van der Waals surface area (Å²) < 4.78 is 17.9. The molecular formula is C18H18FN3O3S. The average Bonchev–Trinajstić information content (AvgIpc) is 2.64. The van der Waals surface area contributed by atoms with Crippen LogP contribution in [-0.2, 0) is 11.3 Å². The molecule has 3 N–H and O–H groups in total. The van der Waals surface area contributed by atoms with Gasteiger partial charge in [-0.25, -0.2) is 9.18 Å². The second-order valence-corrected chi connectivity index (χ2v) is 5.73. The molecule has 0 spiro atoms. The number of carboxylic acids is 1. The van der Waals surface area contributed by atoms with Gasteiger partial charge in [-0.2, -0.15) is 5.10 Å². The van der Waals surface area contributed by atoms with E-state index in [-0.39, 0.29) is 12.4 Å². The van der Waals surface area contributed by atoms with Crippen LogP contribution < -0.4 is 15.5 Å². The smallest absolute Gasteiger partial charge is 0.341 e. The number of halogens is 1. The molecule has 136 valence electrons. The molecule has 6 nitrogen and oxygen atoms in total. The van der Waals surface area contributed by atoms with E-state index in [1.807, 2.05) is 6.92 Å². The van der Waals surface area contributed by atoms with Crippen LogP contribution in [0.25, 0.3) is 0 Å². The zero-order chi connectivity index (χ0) is 18.9. The van der Waals surface area contributed by atoms with Gasteiger partial charge in [-0.1, -0.05) is 12.1 Å². The van der Waals surface area contributed by atoms with Crippen molar-refractivity contribution in [2.75, 3.05) is 6.61 Å². The Hall–Kier alpha value is -3.00. The Morgan fingerprint density at radius 3 is 2.46 bits per heavy atom. The van der Waals surface area contributed by atoms with Crippen LogP contribution in [0.4, 0.5) is 4.39 Å². The summed E-state index contributed by atoms with van der Waals surface area (Å²) in [4.78, 5) is 10.5. The van der Waals surface area contributed by atoms with E-state index in [1.54, 1.807) is 36.4 Å². The van der Waals surface area contributed by atoms with Gasteiger partial charge in [0.25, 0.3) is 0 Å². The SMILES string of the molecule is C/C(=N/NC(=S)NCc1ccc(F)cc1)c1ccc(OCC(=O)O)cc1. The van der Waals surface area contributed by atoms with Gasteiger partial charge in [0.2, 0.25) is 0 Å².